The van der Waals surface area contributed by atoms with E-state index in [1.54, 1.807) is 14.0 Å². The Labute approximate surface area is 156 Å². The zero-order valence-corrected chi connectivity index (χ0v) is 16.5. The van der Waals surface area contributed by atoms with E-state index < -0.39 is 12.1 Å². The van der Waals surface area contributed by atoms with Crippen LogP contribution in [0, 0.1) is 13.8 Å². The van der Waals surface area contributed by atoms with Gasteiger partial charge >= 0.3 is 6.03 Å². The smallest absolute Gasteiger partial charge is 0.321 e. The second-order valence-corrected chi connectivity index (χ2v) is 7.30. The molecule has 1 atom stereocenters. The van der Waals surface area contributed by atoms with Gasteiger partial charge in [-0.2, -0.15) is 0 Å². The Morgan fingerprint density at radius 1 is 1.23 bits per heavy atom. The van der Waals surface area contributed by atoms with E-state index >= 15 is 0 Å². The molecule has 0 saturated heterocycles. The van der Waals surface area contributed by atoms with Gasteiger partial charge in [0.25, 0.3) is 0 Å². The Kier molecular flexibility index (Phi) is 7.03. The lowest BCUT2D eigenvalue weighted by atomic mass is 10.0. The van der Waals surface area contributed by atoms with E-state index in [4.69, 9.17) is 4.74 Å². The number of amides is 3. The number of methoxy groups -OCH3 is 1. The number of urea groups is 1. The highest BCUT2D eigenvalue weighted by Gasteiger charge is 2.23. The summed E-state index contributed by atoms with van der Waals surface area (Å²) in [5.74, 6) is 0.607. The number of nitrogens with zero attached hydrogens (tertiary/aromatic N) is 1. The van der Waals surface area contributed by atoms with Crippen LogP contribution in [0.2, 0.25) is 0 Å². The van der Waals surface area contributed by atoms with Gasteiger partial charge in [0.2, 0.25) is 5.91 Å². The van der Waals surface area contributed by atoms with Gasteiger partial charge in [-0.1, -0.05) is 25.0 Å². The topological polar surface area (TPSA) is 70.7 Å². The lowest BCUT2D eigenvalue weighted by Gasteiger charge is -2.24. The Morgan fingerprint density at radius 2 is 1.81 bits per heavy atom. The monoisotopic (exact) mass is 361 g/mol. The van der Waals surface area contributed by atoms with Crippen molar-refractivity contribution in [3.05, 3.63) is 28.8 Å². The first kappa shape index (κ1) is 20.2. The van der Waals surface area contributed by atoms with Gasteiger partial charge in [-0.05, 0) is 57.4 Å². The van der Waals surface area contributed by atoms with Crippen LogP contribution in [-0.2, 0) is 11.3 Å². The van der Waals surface area contributed by atoms with Crippen LogP contribution in [0.15, 0.2) is 12.1 Å². The summed E-state index contributed by atoms with van der Waals surface area (Å²) < 4.78 is 5.40. The molecule has 144 valence electrons. The third kappa shape index (κ3) is 5.21. The van der Waals surface area contributed by atoms with Crippen LogP contribution < -0.4 is 15.4 Å². The van der Waals surface area contributed by atoms with Crippen molar-refractivity contribution in [1.29, 1.82) is 0 Å². The van der Waals surface area contributed by atoms with Crippen LogP contribution >= 0.6 is 0 Å². The van der Waals surface area contributed by atoms with Crippen LogP contribution in [0.1, 0.15) is 49.3 Å². The second-order valence-electron chi connectivity index (χ2n) is 7.30. The van der Waals surface area contributed by atoms with E-state index in [0.29, 0.717) is 6.54 Å². The maximum atomic E-state index is 12.4. The molecular formula is C20H31N3O3. The number of ether oxygens (including phenoxy) is 1. The number of aryl methyl sites for hydroxylation is 2. The van der Waals surface area contributed by atoms with Gasteiger partial charge in [0.15, 0.2) is 0 Å². The quantitative estimate of drug-likeness (QED) is 0.817. The number of benzene rings is 1. The molecule has 1 aromatic rings. The number of nitrogens with one attached hydrogen (secondary N) is 2. The zero-order valence-electron chi connectivity index (χ0n) is 16.5. The molecule has 0 radical (unpaired) electrons. The molecule has 0 spiro atoms. The number of hydrogen-bond acceptors (Lipinski definition) is 4. The normalized spacial score (nSPS) is 15.8. The molecule has 1 aliphatic carbocycles. The first-order valence-corrected chi connectivity index (χ1v) is 9.27. The number of rotatable bonds is 6. The van der Waals surface area contributed by atoms with Gasteiger partial charge in [-0.15, -0.1) is 0 Å². The van der Waals surface area contributed by atoms with Crippen LogP contribution in [0.25, 0.3) is 0 Å². The molecule has 1 aromatic carbocycles. The van der Waals surface area contributed by atoms with Crippen molar-refractivity contribution >= 4 is 11.9 Å². The Balaban J connectivity index is 1.90. The highest BCUT2D eigenvalue weighted by molar-refractivity contribution is 5.96. The van der Waals surface area contributed by atoms with Crippen LogP contribution in [0.5, 0.6) is 5.75 Å². The standard InChI is InChI=1S/C20H31N3O3/c1-13-10-16(11-14(2)18(13)26-5)12-23(4)15(3)19(24)22-20(25)21-17-8-6-7-9-17/h10-11,15,17H,6-9,12H2,1-5H3,(H2,21,22,24,25). The van der Waals surface area contributed by atoms with Crippen molar-refractivity contribution in [2.75, 3.05) is 14.2 Å². The molecule has 6 heteroatoms. The fraction of sp³-hybridized carbons (Fsp3) is 0.600. The summed E-state index contributed by atoms with van der Waals surface area (Å²) in [6, 6.07) is 3.53. The highest BCUT2D eigenvalue weighted by atomic mass is 16.5. The molecule has 1 saturated carbocycles. The zero-order chi connectivity index (χ0) is 19.3. The molecule has 0 aliphatic heterocycles. The lowest BCUT2D eigenvalue weighted by Crippen LogP contribution is -2.50. The molecule has 0 heterocycles. The maximum Gasteiger partial charge on any atom is 0.321 e. The van der Waals surface area contributed by atoms with Gasteiger partial charge in [-0.3, -0.25) is 15.0 Å². The third-order valence-electron chi connectivity index (χ3n) is 5.12. The van der Waals surface area contributed by atoms with Gasteiger partial charge in [-0.25, -0.2) is 4.79 Å². The van der Waals surface area contributed by atoms with Crippen molar-refractivity contribution in [1.82, 2.24) is 15.5 Å². The average molecular weight is 361 g/mol. The summed E-state index contributed by atoms with van der Waals surface area (Å²) in [6.07, 6.45) is 4.26. The van der Waals surface area contributed by atoms with Crippen LogP contribution in [0.4, 0.5) is 4.79 Å². The fourth-order valence-electron chi connectivity index (χ4n) is 3.59. The summed E-state index contributed by atoms with van der Waals surface area (Å²) in [6.45, 7) is 6.45. The highest BCUT2D eigenvalue weighted by Crippen LogP contribution is 2.25. The van der Waals surface area contributed by atoms with E-state index in [1.165, 1.54) is 0 Å². The first-order chi connectivity index (χ1) is 12.3. The van der Waals surface area contributed by atoms with Gasteiger partial charge in [0.05, 0.1) is 13.2 Å². The number of carbonyl (C=O) groups is 2. The Bertz CT molecular complexity index is 631. The molecule has 1 unspecified atom stereocenters. The van der Waals surface area contributed by atoms with Crippen molar-refractivity contribution < 1.29 is 14.3 Å². The molecule has 1 aliphatic rings. The third-order valence-corrected chi connectivity index (χ3v) is 5.12. The van der Waals surface area contributed by atoms with Crippen molar-refractivity contribution in [2.24, 2.45) is 0 Å². The Morgan fingerprint density at radius 3 is 2.35 bits per heavy atom. The predicted molar refractivity (Wildman–Crippen MR) is 102 cm³/mol. The molecule has 1 fully saturated rings. The summed E-state index contributed by atoms with van der Waals surface area (Å²) in [7, 11) is 3.55. The SMILES string of the molecule is COc1c(C)cc(CN(C)C(C)C(=O)NC(=O)NC2CCCC2)cc1C. The van der Waals surface area contributed by atoms with Gasteiger partial charge < -0.3 is 10.1 Å². The molecule has 2 N–H and O–H groups in total. The van der Waals surface area contributed by atoms with Crippen LogP contribution in [0.3, 0.4) is 0 Å². The predicted octanol–water partition coefficient (Wildman–Crippen LogP) is 2.90. The minimum Gasteiger partial charge on any atom is -0.496 e. The number of imide groups is 1. The van der Waals surface area contributed by atoms with Crippen molar-refractivity contribution in [3.63, 3.8) is 0 Å². The van der Waals surface area contributed by atoms with Crippen LogP contribution in [-0.4, -0.2) is 43.1 Å². The first-order valence-electron chi connectivity index (χ1n) is 9.27. The number of likely N-dealkylation sites (N-methyl/N-ethyl adjacent to an activating group) is 1. The van der Waals surface area contributed by atoms with E-state index in [0.717, 1.165) is 48.1 Å². The summed E-state index contributed by atoms with van der Waals surface area (Å²) in [5, 5.41) is 5.34. The Hall–Kier alpha value is -2.08. The van der Waals surface area contributed by atoms with Crippen molar-refractivity contribution in [3.8, 4) is 5.75 Å². The lowest BCUT2D eigenvalue weighted by molar-refractivity contribution is -0.124. The minimum atomic E-state index is -0.410. The van der Waals surface area contributed by atoms with Gasteiger partial charge in [0.1, 0.15) is 5.75 Å². The molecular weight excluding hydrogens is 330 g/mol. The summed E-state index contributed by atoms with van der Waals surface area (Å²) >= 11 is 0. The number of hydrogen-bond donors (Lipinski definition) is 2. The molecule has 26 heavy (non-hydrogen) atoms. The van der Waals surface area contributed by atoms with E-state index in [-0.39, 0.29) is 11.9 Å². The maximum absolute atomic E-state index is 12.4. The summed E-state index contributed by atoms with van der Waals surface area (Å²) in [4.78, 5) is 26.3. The van der Waals surface area contributed by atoms with Crippen molar-refractivity contribution in [2.45, 2.75) is 65.1 Å². The molecule has 0 bridgehead atoms. The summed E-state index contributed by atoms with van der Waals surface area (Å²) in [5.41, 5.74) is 3.26. The molecule has 3 amide bonds. The molecule has 6 nitrogen and oxygen atoms in total. The van der Waals surface area contributed by atoms with E-state index in [9.17, 15) is 9.59 Å². The fourth-order valence-corrected chi connectivity index (χ4v) is 3.59. The average Bonchev–Trinajstić information content (AvgIpc) is 3.06. The number of carbonyl (C=O) groups excluding carboxylic acids is 2. The van der Waals surface area contributed by atoms with Gasteiger partial charge in [0, 0.05) is 12.6 Å². The minimum absolute atomic E-state index is 0.195. The second kappa shape index (κ2) is 9.03. The van der Waals surface area contributed by atoms with E-state index in [1.807, 2.05) is 25.8 Å². The largest absolute Gasteiger partial charge is 0.496 e. The molecule has 0 aromatic heterocycles. The molecule has 2 rings (SSSR count). The van der Waals surface area contributed by atoms with E-state index in [2.05, 4.69) is 22.8 Å².